The molecule has 0 saturated heterocycles. The van der Waals surface area contributed by atoms with E-state index in [1.54, 1.807) is 13.0 Å². The van der Waals surface area contributed by atoms with Gasteiger partial charge in [-0.25, -0.2) is 0 Å². The predicted octanol–water partition coefficient (Wildman–Crippen LogP) is 2.44. The van der Waals surface area contributed by atoms with Crippen LogP contribution in [0.3, 0.4) is 0 Å². The number of thiophene rings is 1. The fourth-order valence-corrected chi connectivity index (χ4v) is 2.81. The van der Waals surface area contributed by atoms with Crippen molar-refractivity contribution in [1.82, 2.24) is 5.43 Å². The molecule has 0 spiro atoms. The van der Waals surface area contributed by atoms with Crippen molar-refractivity contribution in [3.05, 3.63) is 51.2 Å². The average molecular weight is 346 g/mol. The van der Waals surface area contributed by atoms with Gasteiger partial charge in [0.05, 0.1) is 21.4 Å². The predicted molar refractivity (Wildman–Crippen MR) is 96.1 cm³/mol. The highest BCUT2D eigenvalue weighted by Gasteiger charge is 2.05. The number of carboxylic acid groups (broad SMARTS) is 1. The summed E-state index contributed by atoms with van der Waals surface area (Å²) < 4.78 is 0. The molecule has 0 radical (unpaired) electrons. The third-order valence-electron chi connectivity index (χ3n) is 3.34. The second-order valence-electron chi connectivity index (χ2n) is 4.96. The van der Waals surface area contributed by atoms with Crippen LogP contribution in [0.2, 0.25) is 0 Å². The van der Waals surface area contributed by atoms with E-state index in [2.05, 4.69) is 15.8 Å². The molecule has 2 aromatic rings. The van der Waals surface area contributed by atoms with E-state index in [1.807, 2.05) is 32.0 Å². The summed E-state index contributed by atoms with van der Waals surface area (Å²) in [4.78, 5) is 11.7. The zero-order chi connectivity index (χ0) is 17.0. The number of aromatic carboxylic acids is 1. The first-order chi connectivity index (χ1) is 10.9. The molecule has 0 aliphatic carbocycles. The summed E-state index contributed by atoms with van der Waals surface area (Å²) in [5.74, 6) is -1.19. The number of rotatable bonds is 4. The molecule has 5 nitrogen and oxygen atoms in total. The van der Waals surface area contributed by atoms with E-state index in [0.717, 1.165) is 27.5 Å². The molecule has 0 aliphatic rings. The van der Waals surface area contributed by atoms with Gasteiger partial charge < -0.3 is 15.2 Å². The van der Waals surface area contributed by atoms with E-state index in [9.17, 15) is 9.90 Å². The van der Waals surface area contributed by atoms with Crippen molar-refractivity contribution in [2.75, 3.05) is 5.32 Å². The quantitative estimate of drug-likeness (QED) is 0.505. The van der Waals surface area contributed by atoms with Crippen molar-refractivity contribution in [2.24, 2.45) is 5.10 Å². The van der Waals surface area contributed by atoms with Crippen molar-refractivity contribution in [1.29, 1.82) is 0 Å². The Bertz CT molecular complexity index is 781. The molecule has 23 heavy (non-hydrogen) atoms. The number of nitrogens with zero attached hydrogens (tertiary/aromatic N) is 1. The molecule has 120 valence electrons. The Kier molecular flexibility index (Phi) is 5.46. The molecule has 0 atom stereocenters. The van der Waals surface area contributed by atoms with Gasteiger partial charge in [0.1, 0.15) is 0 Å². The standard InChI is InChI=1S/C16H17N3O2S2/c1-9-5-4-6-12(10(9)2)17-16(22)19-18-11(3)13-7-8-14(23-13)15(20)21/h4-8H,1-3H3,(H,20,21)(H2,17,19,22)/p-1/b18-11-. The first-order valence-electron chi connectivity index (χ1n) is 6.87. The molecule has 0 bridgehead atoms. The fraction of sp³-hybridized carbons (Fsp3) is 0.188. The minimum absolute atomic E-state index is 0.172. The lowest BCUT2D eigenvalue weighted by atomic mass is 10.1. The topological polar surface area (TPSA) is 76.5 Å². The number of anilines is 1. The molecule has 0 fully saturated rings. The molecule has 0 amide bonds. The Morgan fingerprint density at radius 2 is 1.91 bits per heavy atom. The lowest BCUT2D eigenvalue weighted by Crippen LogP contribution is -2.25. The first-order valence-corrected chi connectivity index (χ1v) is 8.10. The van der Waals surface area contributed by atoms with Crippen LogP contribution in [0.1, 0.15) is 32.6 Å². The van der Waals surface area contributed by atoms with Crippen LogP contribution in [0.15, 0.2) is 35.4 Å². The Morgan fingerprint density at radius 3 is 2.57 bits per heavy atom. The summed E-state index contributed by atoms with van der Waals surface area (Å²) >= 11 is 6.34. The number of hydrazone groups is 1. The minimum Gasteiger partial charge on any atom is -0.544 e. The van der Waals surface area contributed by atoms with E-state index < -0.39 is 5.97 Å². The van der Waals surface area contributed by atoms with Crippen LogP contribution in [-0.4, -0.2) is 16.8 Å². The number of aryl methyl sites for hydroxylation is 1. The smallest absolute Gasteiger partial charge is 0.191 e. The number of carboxylic acids is 1. The van der Waals surface area contributed by atoms with E-state index in [-0.39, 0.29) is 4.88 Å². The molecule has 1 aromatic heterocycles. The molecule has 1 aromatic carbocycles. The number of nitrogens with one attached hydrogen (secondary N) is 2. The van der Waals surface area contributed by atoms with Crippen LogP contribution >= 0.6 is 23.6 Å². The summed E-state index contributed by atoms with van der Waals surface area (Å²) in [6, 6.07) is 9.12. The van der Waals surface area contributed by atoms with Gasteiger partial charge in [-0.15, -0.1) is 11.3 Å². The molecular weight excluding hydrogens is 330 g/mol. The van der Waals surface area contributed by atoms with Crippen LogP contribution in [0.25, 0.3) is 0 Å². The zero-order valence-corrected chi connectivity index (χ0v) is 14.6. The second-order valence-corrected chi connectivity index (χ2v) is 6.45. The SMILES string of the molecule is C/C(=N/NC(=S)Nc1cccc(C)c1C)c1ccc(C(=O)[O-])s1. The minimum atomic E-state index is -1.19. The molecular formula is C16H16N3O2S2-. The fourth-order valence-electron chi connectivity index (χ4n) is 1.87. The van der Waals surface area contributed by atoms with E-state index in [4.69, 9.17) is 12.2 Å². The second kappa shape index (κ2) is 7.34. The number of hydrogen-bond acceptors (Lipinski definition) is 5. The van der Waals surface area contributed by atoms with Crippen molar-refractivity contribution in [2.45, 2.75) is 20.8 Å². The number of carbonyl (C=O) groups excluding carboxylic acids is 1. The highest BCUT2D eigenvalue weighted by atomic mass is 32.1. The van der Waals surface area contributed by atoms with Gasteiger partial charge in [0, 0.05) is 5.69 Å². The van der Waals surface area contributed by atoms with E-state index >= 15 is 0 Å². The van der Waals surface area contributed by atoms with Crippen molar-refractivity contribution in [3.8, 4) is 0 Å². The maximum Gasteiger partial charge on any atom is 0.191 e. The molecule has 7 heteroatoms. The summed E-state index contributed by atoms with van der Waals surface area (Å²) in [7, 11) is 0. The van der Waals surface area contributed by atoms with E-state index in [1.165, 1.54) is 11.6 Å². The van der Waals surface area contributed by atoms with Crippen LogP contribution in [-0.2, 0) is 0 Å². The maximum atomic E-state index is 10.8. The van der Waals surface area contributed by atoms with Gasteiger partial charge in [-0.2, -0.15) is 5.10 Å². The average Bonchev–Trinajstić information content (AvgIpc) is 3.00. The Labute approximate surface area is 144 Å². The lowest BCUT2D eigenvalue weighted by Gasteiger charge is -2.11. The number of carbonyl (C=O) groups is 1. The third kappa shape index (κ3) is 4.37. The molecule has 0 unspecified atom stereocenters. The number of hydrogen-bond donors (Lipinski definition) is 2. The van der Waals surface area contributed by atoms with Gasteiger partial charge in [-0.1, -0.05) is 12.1 Å². The number of thiocarbonyl (C=S) groups is 1. The number of benzene rings is 1. The van der Waals surface area contributed by atoms with Gasteiger partial charge >= 0.3 is 0 Å². The third-order valence-corrected chi connectivity index (χ3v) is 4.71. The van der Waals surface area contributed by atoms with Crippen LogP contribution in [0.4, 0.5) is 5.69 Å². The Hall–Kier alpha value is -2.25. The Balaban J connectivity index is 2.02. The lowest BCUT2D eigenvalue weighted by molar-refractivity contribution is -0.254. The van der Waals surface area contributed by atoms with Gasteiger partial charge in [-0.3, -0.25) is 5.43 Å². The zero-order valence-electron chi connectivity index (χ0n) is 13.0. The monoisotopic (exact) mass is 346 g/mol. The summed E-state index contributed by atoms with van der Waals surface area (Å²) in [5, 5.41) is 18.4. The van der Waals surface area contributed by atoms with E-state index in [0.29, 0.717) is 10.8 Å². The molecule has 0 saturated carbocycles. The maximum absolute atomic E-state index is 10.8. The summed E-state index contributed by atoms with van der Waals surface area (Å²) in [6.45, 7) is 5.82. The van der Waals surface area contributed by atoms with Gasteiger partial charge in [0.15, 0.2) is 5.11 Å². The van der Waals surface area contributed by atoms with Crippen LogP contribution in [0, 0.1) is 13.8 Å². The van der Waals surface area contributed by atoms with Crippen LogP contribution < -0.4 is 15.8 Å². The first kappa shape index (κ1) is 17.1. The molecule has 2 N–H and O–H groups in total. The highest BCUT2D eigenvalue weighted by Crippen LogP contribution is 2.18. The molecule has 1 heterocycles. The molecule has 0 aliphatic heterocycles. The highest BCUT2D eigenvalue weighted by molar-refractivity contribution is 7.80. The summed E-state index contributed by atoms with van der Waals surface area (Å²) in [6.07, 6.45) is 0. The van der Waals surface area contributed by atoms with Crippen molar-refractivity contribution in [3.63, 3.8) is 0 Å². The molecule has 2 rings (SSSR count). The van der Waals surface area contributed by atoms with Gasteiger partial charge in [0.25, 0.3) is 0 Å². The van der Waals surface area contributed by atoms with Crippen molar-refractivity contribution >= 4 is 46.0 Å². The van der Waals surface area contributed by atoms with Crippen molar-refractivity contribution < 1.29 is 9.90 Å². The Morgan fingerprint density at radius 1 is 1.22 bits per heavy atom. The van der Waals surface area contributed by atoms with Crippen LogP contribution in [0.5, 0.6) is 0 Å². The van der Waals surface area contributed by atoms with Gasteiger partial charge in [0.2, 0.25) is 0 Å². The summed E-state index contributed by atoms with van der Waals surface area (Å²) in [5.41, 5.74) is 6.63. The van der Waals surface area contributed by atoms with Gasteiger partial charge in [-0.05, 0) is 62.3 Å². The largest absolute Gasteiger partial charge is 0.544 e. The normalized spacial score (nSPS) is 11.2.